The summed E-state index contributed by atoms with van der Waals surface area (Å²) < 4.78 is 7.02. The lowest BCUT2D eigenvalue weighted by Crippen LogP contribution is -2.18. The van der Waals surface area contributed by atoms with E-state index in [2.05, 4.69) is 16.6 Å². The van der Waals surface area contributed by atoms with Gasteiger partial charge in [0.1, 0.15) is 0 Å². The van der Waals surface area contributed by atoms with E-state index < -0.39 is 0 Å². The minimum absolute atomic E-state index is 0.227. The summed E-state index contributed by atoms with van der Waals surface area (Å²) in [5.74, 6) is 0. The second kappa shape index (κ2) is 5.75. The molecule has 102 valence electrons. The zero-order valence-electron chi connectivity index (χ0n) is 11.4. The van der Waals surface area contributed by atoms with E-state index >= 15 is 0 Å². The molecule has 0 spiro atoms. The minimum Gasteiger partial charge on any atom is -0.472 e. The lowest BCUT2D eigenvalue weighted by Gasteiger charge is -2.12. The van der Waals surface area contributed by atoms with E-state index in [-0.39, 0.29) is 6.04 Å². The third-order valence-corrected chi connectivity index (χ3v) is 3.39. The van der Waals surface area contributed by atoms with Gasteiger partial charge in [-0.15, -0.1) is 0 Å². The highest BCUT2D eigenvalue weighted by atomic mass is 16.3. The Morgan fingerprint density at radius 2 is 2.10 bits per heavy atom. The number of benzene rings is 1. The fourth-order valence-corrected chi connectivity index (χ4v) is 2.27. The van der Waals surface area contributed by atoms with Crippen molar-refractivity contribution in [1.82, 2.24) is 15.1 Å². The van der Waals surface area contributed by atoms with Gasteiger partial charge in [-0.25, -0.2) is 4.68 Å². The van der Waals surface area contributed by atoms with Gasteiger partial charge >= 0.3 is 0 Å². The number of hydrogen-bond donors (Lipinski definition) is 1. The van der Waals surface area contributed by atoms with Crippen LogP contribution in [0.1, 0.15) is 17.2 Å². The van der Waals surface area contributed by atoms with Crippen LogP contribution in [-0.4, -0.2) is 16.8 Å². The Bertz CT molecular complexity index is 643. The molecule has 0 fully saturated rings. The van der Waals surface area contributed by atoms with Crippen LogP contribution >= 0.6 is 0 Å². The normalized spacial score (nSPS) is 12.4. The summed E-state index contributed by atoms with van der Waals surface area (Å²) in [6, 6.07) is 12.3. The summed E-state index contributed by atoms with van der Waals surface area (Å²) >= 11 is 0. The van der Waals surface area contributed by atoms with E-state index in [0.29, 0.717) is 0 Å². The summed E-state index contributed by atoms with van der Waals surface area (Å²) in [6.45, 7) is 0. The predicted molar refractivity (Wildman–Crippen MR) is 77.8 cm³/mol. The van der Waals surface area contributed by atoms with Crippen molar-refractivity contribution in [2.45, 2.75) is 12.5 Å². The smallest absolute Gasteiger partial charge is 0.0935 e. The van der Waals surface area contributed by atoms with E-state index in [1.54, 1.807) is 12.5 Å². The van der Waals surface area contributed by atoms with Crippen LogP contribution in [0.2, 0.25) is 0 Å². The lowest BCUT2D eigenvalue weighted by atomic mass is 10.0. The van der Waals surface area contributed by atoms with Gasteiger partial charge < -0.3 is 9.73 Å². The second-order valence-electron chi connectivity index (χ2n) is 4.73. The zero-order chi connectivity index (χ0) is 13.8. The highest BCUT2D eigenvalue weighted by molar-refractivity contribution is 5.31. The van der Waals surface area contributed by atoms with Gasteiger partial charge in [0.25, 0.3) is 0 Å². The molecule has 2 aromatic heterocycles. The molecule has 0 aliphatic carbocycles. The molecule has 1 N–H and O–H groups in total. The van der Waals surface area contributed by atoms with Crippen molar-refractivity contribution in [2.24, 2.45) is 0 Å². The standard InChI is InChI=1S/C16H17N3O/c1-17-16(9-13-7-8-20-12-13)14-10-18-19(11-14)15-5-3-2-4-6-15/h2-8,10-12,16-17H,9H2,1H3. The summed E-state index contributed by atoms with van der Waals surface area (Å²) in [5.41, 5.74) is 3.41. The molecular weight excluding hydrogens is 250 g/mol. The molecule has 2 heterocycles. The van der Waals surface area contributed by atoms with E-state index in [0.717, 1.165) is 17.7 Å². The summed E-state index contributed by atoms with van der Waals surface area (Å²) in [4.78, 5) is 0. The number of para-hydroxylation sites is 1. The van der Waals surface area contributed by atoms with Crippen LogP contribution in [0.5, 0.6) is 0 Å². The van der Waals surface area contributed by atoms with Crippen molar-refractivity contribution < 1.29 is 4.42 Å². The molecular formula is C16H17N3O. The molecule has 4 heteroatoms. The number of furan rings is 1. The number of aromatic nitrogens is 2. The van der Waals surface area contributed by atoms with Crippen molar-refractivity contribution in [3.8, 4) is 5.69 Å². The largest absolute Gasteiger partial charge is 0.472 e. The number of hydrogen-bond acceptors (Lipinski definition) is 3. The molecule has 1 atom stereocenters. The molecule has 3 rings (SSSR count). The maximum absolute atomic E-state index is 5.12. The fourth-order valence-electron chi connectivity index (χ4n) is 2.27. The third kappa shape index (κ3) is 2.65. The van der Waals surface area contributed by atoms with Crippen LogP contribution in [0.4, 0.5) is 0 Å². The maximum atomic E-state index is 5.12. The van der Waals surface area contributed by atoms with Gasteiger partial charge in [0.15, 0.2) is 0 Å². The van der Waals surface area contributed by atoms with Gasteiger partial charge in [-0.2, -0.15) is 5.10 Å². The van der Waals surface area contributed by atoms with E-state index in [9.17, 15) is 0 Å². The van der Waals surface area contributed by atoms with Gasteiger partial charge in [0, 0.05) is 17.8 Å². The van der Waals surface area contributed by atoms with Crippen LogP contribution < -0.4 is 5.32 Å². The van der Waals surface area contributed by atoms with Crippen molar-refractivity contribution in [3.63, 3.8) is 0 Å². The number of rotatable bonds is 5. The van der Waals surface area contributed by atoms with Crippen LogP contribution in [0.3, 0.4) is 0 Å². The summed E-state index contributed by atoms with van der Waals surface area (Å²) in [5, 5.41) is 7.76. The Labute approximate surface area is 118 Å². The topological polar surface area (TPSA) is 43.0 Å². The Balaban J connectivity index is 1.81. The molecule has 0 amide bonds. The zero-order valence-corrected chi connectivity index (χ0v) is 11.4. The summed E-state index contributed by atoms with van der Waals surface area (Å²) in [6.07, 6.45) is 8.35. The summed E-state index contributed by atoms with van der Waals surface area (Å²) in [7, 11) is 1.96. The van der Waals surface area contributed by atoms with Crippen LogP contribution in [0, 0.1) is 0 Å². The highest BCUT2D eigenvalue weighted by Crippen LogP contribution is 2.19. The molecule has 0 saturated carbocycles. The van der Waals surface area contributed by atoms with Gasteiger partial charge in [0.05, 0.1) is 24.4 Å². The monoisotopic (exact) mass is 267 g/mol. The number of nitrogens with one attached hydrogen (secondary N) is 1. The average Bonchev–Trinajstić information content (AvgIpc) is 3.17. The van der Waals surface area contributed by atoms with Gasteiger partial charge in [-0.3, -0.25) is 0 Å². The maximum Gasteiger partial charge on any atom is 0.0935 e. The molecule has 0 radical (unpaired) electrons. The van der Waals surface area contributed by atoms with Crippen molar-refractivity contribution in [2.75, 3.05) is 7.05 Å². The molecule has 0 aliphatic rings. The quantitative estimate of drug-likeness (QED) is 0.773. The predicted octanol–water partition coefficient (Wildman–Crippen LogP) is 2.97. The second-order valence-corrected chi connectivity index (χ2v) is 4.73. The Hall–Kier alpha value is -2.33. The molecule has 0 saturated heterocycles. The van der Waals surface area contributed by atoms with Crippen molar-refractivity contribution >= 4 is 0 Å². The highest BCUT2D eigenvalue weighted by Gasteiger charge is 2.13. The van der Waals surface area contributed by atoms with Gasteiger partial charge in [-0.1, -0.05) is 18.2 Å². The first-order valence-electron chi connectivity index (χ1n) is 6.65. The van der Waals surface area contributed by atoms with Crippen LogP contribution in [0.25, 0.3) is 5.69 Å². The lowest BCUT2D eigenvalue weighted by molar-refractivity contribution is 0.551. The first-order chi connectivity index (χ1) is 9.86. The first-order valence-corrected chi connectivity index (χ1v) is 6.65. The third-order valence-electron chi connectivity index (χ3n) is 3.39. The Morgan fingerprint density at radius 1 is 1.25 bits per heavy atom. The molecule has 4 nitrogen and oxygen atoms in total. The van der Waals surface area contributed by atoms with Gasteiger partial charge in [-0.05, 0) is 37.2 Å². The SMILES string of the molecule is CNC(Cc1ccoc1)c1cnn(-c2ccccc2)c1. The van der Waals surface area contributed by atoms with Crippen LogP contribution in [0.15, 0.2) is 65.7 Å². The number of likely N-dealkylation sites (N-methyl/N-ethyl adjacent to an activating group) is 1. The molecule has 1 aromatic carbocycles. The molecule has 0 bridgehead atoms. The molecule has 20 heavy (non-hydrogen) atoms. The molecule has 1 unspecified atom stereocenters. The molecule has 3 aromatic rings. The minimum atomic E-state index is 0.227. The number of nitrogens with zero attached hydrogens (tertiary/aromatic N) is 2. The van der Waals surface area contributed by atoms with E-state index in [1.807, 2.05) is 54.3 Å². The fraction of sp³-hybridized carbons (Fsp3) is 0.188. The van der Waals surface area contributed by atoms with Gasteiger partial charge in [0.2, 0.25) is 0 Å². The first kappa shape index (κ1) is 12.7. The van der Waals surface area contributed by atoms with E-state index in [4.69, 9.17) is 4.42 Å². The Kier molecular flexibility index (Phi) is 3.65. The average molecular weight is 267 g/mol. The van der Waals surface area contributed by atoms with E-state index in [1.165, 1.54) is 5.56 Å². The van der Waals surface area contributed by atoms with Crippen LogP contribution in [-0.2, 0) is 6.42 Å². The van der Waals surface area contributed by atoms with Crippen molar-refractivity contribution in [1.29, 1.82) is 0 Å². The van der Waals surface area contributed by atoms with Crippen molar-refractivity contribution in [3.05, 3.63) is 72.4 Å². The molecule has 0 aliphatic heterocycles. The Morgan fingerprint density at radius 3 is 2.80 bits per heavy atom.